The molecule has 0 saturated heterocycles. The second kappa shape index (κ2) is 6.98. The van der Waals surface area contributed by atoms with Gasteiger partial charge in [0.1, 0.15) is 5.92 Å². The molecule has 122 valence electrons. The summed E-state index contributed by atoms with van der Waals surface area (Å²) in [4.78, 5) is 13.1. The number of benzene rings is 2. The number of anilines is 1. The maximum Gasteiger partial charge on any atom is 0.256 e. The van der Waals surface area contributed by atoms with Gasteiger partial charge in [0.25, 0.3) is 5.91 Å². The molecule has 3 rings (SSSR count). The van der Waals surface area contributed by atoms with Crippen molar-refractivity contribution in [3.63, 3.8) is 0 Å². The van der Waals surface area contributed by atoms with Crippen LogP contribution in [-0.4, -0.2) is 11.6 Å². The predicted molar refractivity (Wildman–Crippen MR) is 94.4 cm³/mol. The second-order valence-corrected chi connectivity index (χ2v) is 5.88. The first-order valence-electron chi connectivity index (χ1n) is 7.95. The van der Waals surface area contributed by atoms with Crippen molar-refractivity contribution in [2.45, 2.75) is 12.8 Å². The van der Waals surface area contributed by atoms with Gasteiger partial charge in [-0.05, 0) is 24.6 Å². The molecule has 1 aliphatic heterocycles. The topological polar surface area (TPSA) is 80.2 Å². The first-order chi connectivity index (χ1) is 12.2. The van der Waals surface area contributed by atoms with E-state index in [1.807, 2.05) is 60.7 Å². The SMILES string of the molecule is CC1=NN(c2ccccc2)C(=O)[C@@H]1[C@H](c1ccccc1)C(C#N)C#N. The summed E-state index contributed by atoms with van der Waals surface area (Å²) in [5, 5.41) is 24.6. The number of amides is 1. The van der Waals surface area contributed by atoms with Crippen molar-refractivity contribution in [3.05, 3.63) is 66.2 Å². The fourth-order valence-electron chi connectivity index (χ4n) is 3.19. The molecule has 2 aromatic rings. The lowest BCUT2D eigenvalue weighted by molar-refractivity contribution is -0.120. The molecule has 25 heavy (non-hydrogen) atoms. The molecule has 0 aliphatic carbocycles. The minimum atomic E-state index is -0.933. The normalized spacial score (nSPS) is 17.8. The minimum absolute atomic E-state index is 0.215. The van der Waals surface area contributed by atoms with Crippen LogP contribution in [0.3, 0.4) is 0 Å². The number of nitriles is 2. The van der Waals surface area contributed by atoms with E-state index in [4.69, 9.17) is 0 Å². The molecular weight excluding hydrogens is 312 g/mol. The number of carbonyl (C=O) groups excluding carboxylic acids is 1. The van der Waals surface area contributed by atoms with Crippen molar-refractivity contribution in [1.82, 2.24) is 0 Å². The highest BCUT2D eigenvalue weighted by molar-refractivity contribution is 6.15. The van der Waals surface area contributed by atoms with Crippen LogP contribution in [0.2, 0.25) is 0 Å². The molecular formula is C20H16N4O. The first kappa shape index (κ1) is 16.4. The number of rotatable bonds is 4. The fraction of sp³-hybridized carbons (Fsp3) is 0.200. The van der Waals surface area contributed by atoms with Gasteiger partial charge in [0, 0.05) is 11.6 Å². The van der Waals surface area contributed by atoms with E-state index in [0.29, 0.717) is 11.4 Å². The Morgan fingerprint density at radius 2 is 1.56 bits per heavy atom. The van der Waals surface area contributed by atoms with Crippen LogP contribution >= 0.6 is 0 Å². The zero-order valence-electron chi connectivity index (χ0n) is 13.7. The maximum atomic E-state index is 13.1. The molecule has 0 spiro atoms. The van der Waals surface area contributed by atoms with E-state index in [-0.39, 0.29) is 5.91 Å². The lowest BCUT2D eigenvalue weighted by Gasteiger charge is -2.24. The number of hydrogen-bond acceptors (Lipinski definition) is 4. The molecule has 0 radical (unpaired) electrons. The molecule has 0 unspecified atom stereocenters. The van der Waals surface area contributed by atoms with Gasteiger partial charge in [0.05, 0.1) is 23.7 Å². The van der Waals surface area contributed by atoms with Gasteiger partial charge in [-0.3, -0.25) is 4.79 Å². The molecule has 0 bridgehead atoms. The van der Waals surface area contributed by atoms with Gasteiger partial charge >= 0.3 is 0 Å². The maximum absolute atomic E-state index is 13.1. The molecule has 0 aromatic heterocycles. The van der Waals surface area contributed by atoms with Crippen LogP contribution in [0.5, 0.6) is 0 Å². The summed E-state index contributed by atoms with van der Waals surface area (Å²) in [7, 11) is 0. The quantitative estimate of drug-likeness (QED) is 0.862. The average molecular weight is 328 g/mol. The molecule has 1 heterocycles. The zero-order valence-corrected chi connectivity index (χ0v) is 13.7. The predicted octanol–water partition coefficient (Wildman–Crippen LogP) is 3.47. The molecule has 2 aromatic carbocycles. The molecule has 2 atom stereocenters. The summed E-state index contributed by atoms with van der Waals surface area (Å²) in [6.07, 6.45) is 0. The number of carbonyl (C=O) groups is 1. The molecule has 1 amide bonds. The summed E-state index contributed by atoms with van der Waals surface area (Å²) < 4.78 is 0. The van der Waals surface area contributed by atoms with Gasteiger partial charge in [0.2, 0.25) is 0 Å². The highest BCUT2D eigenvalue weighted by Gasteiger charge is 2.44. The Bertz CT molecular complexity index is 863. The molecule has 0 fully saturated rings. The Morgan fingerprint density at radius 3 is 2.12 bits per heavy atom. The number of nitrogens with zero attached hydrogens (tertiary/aromatic N) is 4. The largest absolute Gasteiger partial charge is 0.272 e. The summed E-state index contributed by atoms with van der Waals surface area (Å²) >= 11 is 0. The van der Waals surface area contributed by atoms with Crippen LogP contribution in [0.1, 0.15) is 18.4 Å². The standard InChI is InChI=1S/C20H16N4O/c1-14-18(20(25)24(23-14)17-10-6-3-7-11-17)19(16(12-21)13-22)15-8-4-2-5-9-15/h2-11,16,18-19H,1H3/t18-,19+/m0/s1. The number of hydrogen-bond donors (Lipinski definition) is 0. The van der Waals surface area contributed by atoms with E-state index in [1.54, 1.807) is 19.1 Å². The molecule has 1 aliphatic rings. The van der Waals surface area contributed by atoms with Crippen molar-refractivity contribution in [3.8, 4) is 12.1 Å². The lowest BCUT2D eigenvalue weighted by Crippen LogP contribution is -2.34. The Hall–Kier alpha value is -3.44. The van der Waals surface area contributed by atoms with Crippen LogP contribution < -0.4 is 5.01 Å². The van der Waals surface area contributed by atoms with Crippen LogP contribution in [-0.2, 0) is 4.79 Å². The first-order valence-corrected chi connectivity index (χ1v) is 7.95. The highest BCUT2D eigenvalue weighted by atomic mass is 16.2. The van der Waals surface area contributed by atoms with E-state index < -0.39 is 17.8 Å². The fourth-order valence-corrected chi connectivity index (χ4v) is 3.19. The minimum Gasteiger partial charge on any atom is -0.272 e. The van der Waals surface area contributed by atoms with E-state index in [0.717, 1.165) is 5.56 Å². The zero-order chi connectivity index (χ0) is 17.8. The smallest absolute Gasteiger partial charge is 0.256 e. The highest BCUT2D eigenvalue weighted by Crippen LogP contribution is 2.38. The molecule has 5 nitrogen and oxygen atoms in total. The summed E-state index contributed by atoms with van der Waals surface area (Å²) in [6, 6.07) is 22.5. The number of para-hydroxylation sites is 1. The third-order valence-electron chi connectivity index (χ3n) is 4.36. The number of hydrazone groups is 1. The molecule has 0 saturated carbocycles. The van der Waals surface area contributed by atoms with E-state index in [9.17, 15) is 15.3 Å². The van der Waals surface area contributed by atoms with Crippen LogP contribution in [0.4, 0.5) is 5.69 Å². The van der Waals surface area contributed by atoms with Gasteiger partial charge in [-0.1, -0.05) is 48.5 Å². The third kappa shape index (κ3) is 3.00. The van der Waals surface area contributed by atoms with Gasteiger partial charge in [-0.2, -0.15) is 15.6 Å². The Labute approximate surface area is 146 Å². The van der Waals surface area contributed by atoms with Crippen molar-refractivity contribution >= 4 is 17.3 Å². The monoisotopic (exact) mass is 328 g/mol. The summed E-state index contributed by atoms with van der Waals surface area (Å²) in [5.41, 5.74) is 2.07. The third-order valence-corrected chi connectivity index (χ3v) is 4.36. The van der Waals surface area contributed by atoms with Crippen LogP contribution in [0.25, 0.3) is 0 Å². The summed E-state index contributed by atoms with van der Waals surface area (Å²) in [6.45, 7) is 1.77. The van der Waals surface area contributed by atoms with Crippen molar-refractivity contribution < 1.29 is 4.79 Å². The molecule has 0 N–H and O–H groups in total. The Kier molecular flexibility index (Phi) is 4.59. The van der Waals surface area contributed by atoms with Gasteiger partial charge in [0.15, 0.2) is 0 Å². The second-order valence-electron chi connectivity index (χ2n) is 5.88. The van der Waals surface area contributed by atoms with E-state index in [1.165, 1.54) is 5.01 Å². The Morgan fingerprint density at radius 1 is 1.00 bits per heavy atom. The van der Waals surface area contributed by atoms with Crippen LogP contribution in [0.15, 0.2) is 65.8 Å². The molecule has 5 heteroatoms. The van der Waals surface area contributed by atoms with Crippen molar-refractivity contribution in [2.24, 2.45) is 16.9 Å². The van der Waals surface area contributed by atoms with Crippen molar-refractivity contribution in [1.29, 1.82) is 10.5 Å². The van der Waals surface area contributed by atoms with E-state index in [2.05, 4.69) is 5.10 Å². The Balaban J connectivity index is 2.03. The van der Waals surface area contributed by atoms with E-state index >= 15 is 0 Å². The van der Waals surface area contributed by atoms with Gasteiger partial charge < -0.3 is 0 Å². The van der Waals surface area contributed by atoms with Gasteiger partial charge in [-0.15, -0.1) is 0 Å². The van der Waals surface area contributed by atoms with Gasteiger partial charge in [-0.25, -0.2) is 5.01 Å². The lowest BCUT2D eigenvalue weighted by atomic mass is 9.76. The average Bonchev–Trinajstić information content (AvgIpc) is 2.95. The van der Waals surface area contributed by atoms with Crippen molar-refractivity contribution in [2.75, 3.05) is 5.01 Å². The van der Waals surface area contributed by atoms with Crippen LogP contribution in [0, 0.1) is 34.5 Å². The summed E-state index contributed by atoms with van der Waals surface area (Å²) in [5.74, 6) is -2.33.